The topological polar surface area (TPSA) is 97.6 Å². The van der Waals surface area contributed by atoms with Crippen LogP contribution in [-0.4, -0.2) is 34.0 Å². The van der Waals surface area contributed by atoms with Gasteiger partial charge in [0.25, 0.3) is 17.5 Å². The highest BCUT2D eigenvalue weighted by molar-refractivity contribution is 6.23. The van der Waals surface area contributed by atoms with Crippen molar-refractivity contribution in [2.75, 3.05) is 6.54 Å². The van der Waals surface area contributed by atoms with Crippen LogP contribution in [0.3, 0.4) is 0 Å². The summed E-state index contributed by atoms with van der Waals surface area (Å²) in [5.41, 5.74) is 1.23. The number of non-ortho nitro benzene ring substituents is 1. The van der Waals surface area contributed by atoms with Crippen molar-refractivity contribution in [1.82, 2.24) is 4.90 Å². The fraction of sp³-hybridized carbons (Fsp3) is 0.211. The molecule has 7 nitrogen and oxygen atoms in total. The van der Waals surface area contributed by atoms with Crippen molar-refractivity contribution in [2.45, 2.75) is 19.8 Å². The smallest absolute Gasteiger partial charge is 0.270 e. The van der Waals surface area contributed by atoms with Crippen molar-refractivity contribution in [3.05, 3.63) is 74.8 Å². The van der Waals surface area contributed by atoms with Crippen LogP contribution >= 0.6 is 0 Å². The summed E-state index contributed by atoms with van der Waals surface area (Å²) in [5.74, 6) is -1.36. The Bertz CT molecular complexity index is 931. The Morgan fingerprint density at radius 1 is 1.04 bits per heavy atom. The quantitative estimate of drug-likeness (QED) is 0.356. The van der Waals surface area contributed by atoms with Crippen molar-refractivity contribution in [2.24, 2.45) is 0 Å². The second kappa shape index (κ2) is 6.51. The summed E-state index contributed by atoms with van der Waals surface area (Å²) in [6.45, 7) is 3.67. The number of rotatable bonds is 5. The van der Waals surface area contributed by atoms with Crippen LogP contribution in [0, 0.1) is 10.1 Å². The van der Waals surface area contributed by atoms with E-state index in [0.29, 0.717) is 11.5 Å². The molecule has 0 saturated carbocycles. The maximum absolute atomic E-state index is 12.4. The molecule has 0 bridgehead atoms. The van der Waals surface area contributed by atoms with Gasteiger partial charge in [0.05, 0.1) is 22.6 Å². The molecule has 2 aromatic rings. The number of imide groups is 1. The molecule has 0 aromatic heterocycles. The standard InChI is InChI=1S/C19H16N2O5/c1-11(2)12-3-5-13(6-4-12)17(22)10-20-18(23)15-8-7-14(21(25)26)9-16(15)19(20)24/h3-9,11H,10H2,1-2H3. The van der Waals surface area contributed by atoms with Gasteiger partial charge in [0.2, 0.25) is 0 Å². The molecular formula is C19H16N2O5. The molecule has 1 heterocycles. The number of ketones is 1. The molecule has 0 unspecified atom stereocenters. The molecule has 0 N–H and O–H groups in total. The minimum Gasteiger partial charge on any atom is -0.292 e. The summed E-state index contributed by atoms with van der Waals surface area (Å²) in [6, 6.07) is 10.5. The summed E-state index contributed by atoms with van der Waals surface area (Å²) in [4.78, 5) is 48.3. The molecule has 1 aliphatic heterocycles. The van der Waals surface area contributed by atoms with E-state index in [2.05, 4.69) is 0 Å². The Balaban J connectivity index is 1.82. The lowest BCUT2D eigenvalue weighted by Crippen LogP contribution is -2.34. The largest absolute Gasteiger partial charge is 0.292 e. The van der Waals surface area contributed by atoms with Gasteiger partial charge in [-0.3, -0.25) is 29.4 Å². The number of hydrogen-bond acceptors (Lipinski definition) is 5. The van der Waals surface area contributed by atoms with Crippen LogP contribution in [-0.2, 0) is 0 Å². The van der Waals surface area contributed by atoms with E-state index in [-0.39, 0.29) is 22.6 Å². The molecule has 0 atom stereocenters. The lowest BCUT2D eigenvalue weighted by molar-refractivity contribution is -0.384. The number of nitro benzene ring substituents is 1. The number of carbonyl (C=O) groups excluding carboxylic acids is 3. The second-order valence-electron chi connectivity index (χ2n) is 6.38. The molecule has 1 aliphatic rings. The number of nitro groups is 1. The molecular weight excluding hydrogens is 336 g/mol. The minimum absolute atomic E-state index is 0.0489. The van der Waals surface area contributed by atoms with Gasteiger partial charge in [0.1, 0.15) is 0 Å². The van der Waals surface area contributed by atoms with Gasteiger partial charge in [-0.05, 0) is 17.5 Å². The zero-order valence-electron chi connectivity index (χ0n) is 14.3. The predicted molar refractivity (Wildman–Crippen MR) is 93.3 cm³/mol. The highest BCUT2D eigenvalue weighted by atomic mass is 16.6. The van der Waals surface area contributed by atoms with Crippen molar-refractivity contribution in [3.63, 3.8) is 0 Å². The third kappa shape index (κ3) is 2.99. The number of carbonyl (C=O) groups is 3. The van der Waals surface area contributed by atoms with Gasteiger partial charge in [-0.25, -0.2) is 0 Å². The SMILES string of the molecule is CC(C)c1ccc(C(=O)CN2C(=O)c3ccc([N+](=O)[O-])cc3C2=O)cc1. The van der Waals surface area contributed by atoms with Crippen LogP contribution in [0.1, 0.15) is 56.4 Å². The molecule has 0 saturated heterocycles. The van der Waals surface area contributed by atoms with Gasteiger partial charge >= 0.3 is 0 Å². The molecule has 2 aromatic carbocycles. The van der Waals surface area contributed by atoms with Crippen molar-refractivity contribution in [1.29, 1.82) is 0 Å². The van der Waals surface area contributed by atoms with E-state index in [4.69, 9.17) is 0 Å². The Hall–Kier alpha value is -3.35. The van der Waals surface area contributed by atoms with Gasteiger partial charge in [-0.2, -0.15) is 0 Å². The van der Waals surface area contributed by atoms with Crippen LogP contribution in [0.5, 0.6) is 0 Å². The summed E-state index contributed by atoms with van der Waals surface area (Å²) in [5, 5.41) is 10.9. The number of fused-ring (bicyclic) bond motifs is 1. The van der Waals surface area contributed by atoms with E-state index in [1.165, 1.54) is 12.1 Å². The Morgan fingerprint density at radius 2 is 1.65 bits per heavy atom. The van der Waals surface area contributed by atoms with Crippen LogP contribution < -0.4 is 0 Å². The lowest BCUT2D eigenvalue weighted by Gasteiger charge is -2.13. The summed E-state index contributed by atoms with van der Waals surface area (Å²) >= 11 is 0. The monoisotopic (exact) mass is 352 g/mol. The van der Waals surface area contributed by atoms with E-state index in [0.717, 1.165) is 16.5 Å². The Morgan fingerprint density at radius 3 is 2.23 bits per heavy atom. The third-order valence-corrected chi connectivity index (χ3v) is 4.37. The van der Waals surface area contributed by atoms with Gasteiger partial charge in [-0.15, -0.1) is 0 Å². The molecule has 0 spiro atoms. The van der Waals surface area contributed by atoms with Crippen LogP contribution in [0.4, 0.5) is 5.69 Å². The van der Waals surface area contributed by atoms with Crippen LogP contribution in [0.25, 0.3) is 0 Å². The summed E-state index contributed by atoms with van der Waals surface area (Å²) in [6.07, 6.45) is 0. The number of Topliss-reactive ketones (excluding diaryl/α,β-unsaturated/α-hetero) is 1. The highest BCUT2D eigenvalue weighted by Gasteiger charge is 2.37. The van der Waals surface area contributed by atoms with Gasteiger partial charge in [-0.1, -0.05) is 38.1 Å². The third-order valence-electron chi connectivity index (χ3n) is 4.37. The first kappa shape index (κ1) is 17.5. The molecule has 2 amide bonds. The number of hydrogen-bond donors (Lipinski definition) is 0. The first-order chi connectivity index (χ1) is 12.3. The van der Waals surface area contributed by atoms with E-state index in [1.54, 1.807) is 12.1 Å². The van der Waals surface area contributed by atoms with Gasteiger partial charge in [0, 0.05) is 17.7 Å². The zero-order valence-corrected chi connectivity index (χ0v) is 14.3. The highest BCUT2D eigenvalue weighted by Crippen LogP contribution is 2.27. The molecule has 26 heavy (non-hydrogen) atoms. The first-order valence-corrected chi connectivity index (χ1v) is 8.07. The maximum Gasteiger partial charge on any atom is 0.270 e. The lowest BCUT2D eigenvalue weighted by atomic mass is 10.0. The molecule has 3 rings (SSSR count). The second-order valence-corrected chi connectivity index (χ2v) is 6.38. The maximum atomic E-state index is 12.4. The predicted octanol–water partition coefficient (Wildman–Crippen LogP) is 3.20. The molecule has 0 aliphatic carbocycles. The number of nitrogens with zero attached hydrogens (tertiary/aromatic N) is 2. The van der Waals surface area contributed by atoms with E-state index in [1.807, 2.05) is 26.0 Å². The number of amides is 2. The average Bonchev–Trinajstić information content (AvgIpc) is 2.86. The molecule has 0 radical (unpaired) electrons. The van der Waals surface area contributed by atoms with Crippen molar-refractivity contribution < 1.29 is 19.3 Å². The first-order valence-electron chi connectivity index (χ1n) is 8.07. The average molecular weight is 352 g/mol. The fourth-order valence-corrected chi connectivity index (χ4v) is 2.82. The fourth-order valence-electron chi connectivity index (χ4n) is 2.82. The Kier molecular flexibility index (Phi) is 4.38. The zero-order chi connectivity index (χ0) is 19.0. The van der Waals surface area contributed by atoms with E-state index in [9.17, 15) is 24.5 Å². The van der Waals surface area contributed by atoms with Crippen LogP contribution in [0.2, 0.25) is 0 Å². The van der Waals surface area contributed by atoms with Gasteiger partial charge in [0.15, 0.2) is 5.78 Å². The number of benzene rings is 2. The van der Waals surface area contributed by atoms with E-state index >= 15 is 0 Å². The van der Waals surface area contributed by atoms with E-state index < -0.39 is 23.3 Å². The summed E-state index contributed by atoms with van der Waals surface area (Å²) in [7, 11) is 0. The van der Waals surface area contributed by atoms with Crippen molar-refractivity contribution in [3.8, 4) is 0 Å². The molecule has 7 heteroatoms. The van der Waals surface area contributed by atoms with Crippen LogP contribution in [0.15, 0.2) is 42.5 Å². The normalized spacial score (nSPS) is 13.3. The Labute approximate surface area is 149 Å². The summed E-state index contributed by atoms with van der Waals surface area (Å²) < 4.78 is 0. The molecule has 132 valence electrons. The van der Waals surface area contributed by atoms with Gasteiger partial charge < -0.3 is 0 Å². The minimum atomic E-state index is -0.694. The molecule has 0 fully saturated rings. The van der Waals surface area contributed by atoms with Crippen molar-refractivity contribution >= 4 is 23.3 Å².